The second-order valence-electron chi connectivity index (χ2n) is 9.83. The first-order valence-corrected chi connectivity index (χ1v) is 12.9. The lowest BCUT2D eigenvalue weighted by atomic mass is 10.0. The second kappa shape index (κ2) is 11.7. The smallest absolute Gasteiger partial charge is 0.416 e. The van der Waals surface area contributed by atoms with Crippen LogP contribution in [0, 0.1) is 0 Å². The van der Waals surface area contributed by atoms with Gasteiger partial charge < -0.3 is 24.6 Å². The normalized spacial score (nSPS) is 12.0. The third kappa shape index (κ3) is 7.22. The highest BCUT2D eigenvalue weighted by Crippen LogP contribution is 2.36. The molecule has 0 unspecified atom stereocenters. The van der Waals surface area contributed by atoms with Gasteiger partial charge in [0.1, 0.15) is 23.3 Å². The molecule has 8 nitrogen and oxygen atoms in total. The summed E-state index contributed by atoms with van der Waals surface area (Å²) in [7, 11) is 0. The van der Waals surface area contributed by atoms with Crippen molar-refractivity contribution in [3.8, 4) is 11.5 Å². The molecule has 0 saturated heterocycles. The molecular formula is C28H29ClF3N5O3. The van der Waals surface area contributed by atoms with Crippen LogP contribution >= 0.6 is 11.6 Å². The minimum atomic E-state index is -4.49. The largest absolute Gasteiger partial charge is 0.456 e. The molecule has 0 aliphatic carbocycles. The zero-order valence-corrected chi connectivity index (χ0v) is 22.9. The Kier molecular flexibility index (Phi) is 8.55. The minimum Gasteiger partial charge on any atom is -0.456 e. The summed E-state index contributed by atoms with van der Waals surface area (Å²) in [5.74, 6) is 0.569. The van der Waals surface area contributed by atoms with Crippen LogP contribution in [0.4, 0.5) is 24.7 Å². The van der Waals surface area contributed by atoms with Crippen molar-refractivity contribution in [2.45, 2.75) is 45.5 Å². The summed E-state index contributed by atoms with van der Waals surface area (Å²) in [5, 5.41) is 13.4. The van der Waals surface area contributed by atoms with Crippen LogP contribution in [0.1, 0.15) is 32.8 Å². The third-order valence-electron chi connectivity index (χ3n) is 6.06. The topological polar surface area (TPSA) is 92.5 Å². The number of benzene rings is 2. The van der Waals surface area contributed by atoms with Gasteiger partial charge in [-0.2, -0.15) is 13.2 Å². The van der Waals surface area contributed by atoms with Crippen LogP contribution in [-0.2, 0) is 17.5 Å². The molecule has 1 amide bonds. The molecule has 0 spiro atoms. The Morgan fingerprint density at radius 3 is 2.60 bits per heavy atom. The quantitative estimate of drug-likeness (QED) is 0.220. The molecule has 4 rings (SSSR count). The van der Waals surface area contributed by atoms with Crippen molar-refractivity contribution in [1.29, 1.82) is 0 Å². The molecule has 212 valence electrons. The summed E-state index contributed by atoms with van der Waals surface area (Å²) in [6.07, 6.45) is -1.18. The lowest BCUT2D eigenvalue weighted by Crippen LogP contribution is -2.38. The highest BCUT2D eigenvalue weighted by molar-refractivity contribution is 6.32. The van der Waals surface area contributed by atoms with Gasteiger partial charge >= 0.3 is 6.18 Å². The molecule has 2 aromatic heterocycles. The van der Waals surface area contributed by atoms with Gasteiger partial charge in [-0.1, -0.05) is 17.7 Å². The van der Waals surface area contributed by atoms with Gasteiger partial charge in [0.25, 0.3) is 0 Å². The second-order valence-corrected chi connectivity index (χ2v) is 10.2. The van der Waals surface area contributed by atoms with Gasteiger partial charge in [-0.05, 0) is 63.2 Å². The number of alkyl halides is 3. The number of hydrogen-bond donors (Lipinski definition) is 2. The summed E-state index contributed by atoms with van der Waals surface area (Å²) < 4.78 is 46.6. The summed E-state index contributed by atoms with van der Waals surface area (Å²) in [4.78, 5) is 23.0. The number of amides is 1. The monoisotopic (exact) mass is 575 g/mol. The standard InChI is InChI=1S/C28H29ClF3N5O3/c1-4-36(24(38)16-27(2,3)39)12-13-37-11-10-22-25(37)26(34-17-33-22)35-19-8-9-23(21(29)15-19)40-20-7-5-6-18(14-20)28(30,31)32/h5-11,14-15,17,39H,4,12-13,16H2,1-3H3,(H,33,34,35). The lowest BCUT2D eigenvalue weighted by Gasteiger charge is -2.25. The average Bonchev–Trinajstić information content (AvgIpc) is 3.29. The number of nitrogens with zero attached hydrogens (tertiary/aromatic N) is 4. The SMILES string of the molecule is CCN(CCn1ccc2ncnc(Nc3ccc(Oc4cccc(C(F)(F)F)c4)c(Cl)c3)c21)C(=O)CC(C)(C)O. The Morgan fingerprint density at radius 1 is 1.15 bits per heavy atom. The maximum atomic E-state index is 13.0. The van der Waals surface area contributed by atoms with Crippen LogP contribution in [-0.4, -0.2) is 49.1 Å². The van der Waals surface area contributed by atoms with E-state index < -0.39 is 17.3 Å². The van der Waals surface area contributed by atoms with E-state index in [-0.39, 0.29) is 28.8 Å². The molecule has 0 saturated carbocycles. The number of aliphatic hydroxyl groups is 1. The molecule has 0 aliphatic rings. The number of likely N-dealkylation sites (N-methyl/N-ethyl adjacent to an activating group) is 1. The molecule has 2 aromatic carbocycles. The molecule has 40 heavy (non-hydrogen) atoms. The summed E-state index contributed by atoms with van der Waals surface area (Å²) in [5.41, 5.74) is 0.0706. The van der Waals surface area contributed by atoms with Crippen molar-refractivity contribution in [3.63, 3.8) is 0 Å². The van der Waals surface area contributed by atoms with E-state index in [9.17, 15) is 23.1 Å². The van der Waals surface area contributed by atoms with Crippen LogP contribution in [0.15, 0.2) is 61.1 Å². The highest BCUT2D eigenvalue weighted by atomic mass is 35.5. The first kappa shape index (κ1) is 29.2. The molecular weight excluding hydrogens is 547 g/mol. The average molecular weight is 576 g/mol. The van der Waals surface area contributed by atoms with Gasteiger partial charge in [-0.15, -0.1) is 0 Å². The van der Waals surface area contributed by atoms with Gasteiger partial charge in [-0.25, -0.2) is 9.97 Å². The summed E-state index contributed by atoms with van der Waals surface area (Å²) in [6.45, 7) is 6.49. The van der Waals surface area contributed by atoms with Crippen LogP contribution in [0.2, 0.25) is 5.02 Å². The van der Waals surface area contributed by atoms with Gasteiger partial charge in [-0.3, -0.25) is 4.79 Å². The van der Waals surface area contributed by atoms with Crippen molar-refractivity contribution in [2.75, 3.05) is 18.4 Å². The fourth-order valence-electron chi connectivity index (χ4n) is 4.14. The predicted octanol–water partition coefficient (Wildman–Crippen LogP) is 6.65. The number of anilines is 2. The van der Waals surface area contributed by atoms with E-state index in [4.69, 9.17) is 16.3 Å². The first-order valence-electron chi connectivity index (χ1n) is 12.6. The molecule has 0 aliphatic heterocycles. The lowest BCUT2D eigenvalue weighted by molar-refractivity contribution is -0.138. The van der Waals surface area contributed by atoms with E-state index >= 15 is 0 Å². The van der Waals surface area contributed by atoms with Crippen molar-refractivity contribution in [3.05, 3.63) is 71.6 Å². The number of ether oxygens (including phenoxy) is 1. The van der Waals surface area contributed by atoms with Gasteiger partial charge in [0.05, 0.1) is 28.1 Å². The van der Waals surface area contributed by atoms with Gasteiger partial charge in [0.2, 0.25) is 5.91 Å². The van der Waals surface area contributed by atoms with E-state index in [0.717, 1.165) is 12.1 Å². The van der Waals surface area contributed by atoms with E-state index in [0.29, 0.717) is 42.2 Å². The number of rotatable bonds is 10. The Labute approximate surface area is 234 Å². The zero-order valence-electron chi connectivity index (χ0n) is 22.2. The Balaban J connectivity index is 1.51. The van der Waals surface area contributed by atoms with Gasteiger partial charge in [0.15, 0.2) is 5.82 Å². The fraction of sp³-hybridized carbons (Fsp3) is 0.321. The maximum Gasteiger partial charge on any atom is 0.416 e. The highest BCUT2D eigenvalue weighted by Gasteiger charge is 2.30. The van der Waals surface area contributed by atoms with Crippen molar-refractivity contribution in [2.24, 2.45) is 0 Å². The molecule has 2 heterocycles. The van der Waals surface area contributed by atoms with E-state index in [1.807, 2.05) is 23.8 Å². The molecule has 4 aromatic rings. The zero-order chi connectivity index (χ0) is 29.1. The minimum absolute atomic E-state index is 0.00919. The fourth-order valence-corrected chi connectivity index (χ4v) is 4.36. The van der Waals surface area contributed by atoms with E-state index in [1.54, 1.807) is 36.9 Å². The molecule has 0 atom stereocenters. The van der Waals surface area contributed by atoms with E-state index in [1.165, 1.54) is 18.5 Å². The van der Waals surface area contributed by atoms with Crippen LogP contribution in [0.3, 0.4) is 0 Å². The molecule has 12 heteroatoms. The van der Waals surface area contributed by atoms with Gasteiger partial charge in [0, 0.05) is 31.5 Å². The molecule has 2 N–H and O–H groups in total. The first-order chi connectivity index (χ1) is 18.8. The maximum absolute atomic E-state index is 13.0. The van der Waals surface area contributed by atoms with Crippen molar-refractivity contribution in [1.82, 2.24) is 19.4 Å². The number of aromatic nitrogens is 3. The molecule has 0 radical (unpaired) electrons. The Bertz CT molecular complexity index is 1500. The van der Waals surface area contributed by atoms with E-state index in [2.05, 4.69) is 15.3 Å². The number of carbonyl (C=O) groups excluding carboxylic acids is 1. The third-order valence-corrected chi connectivity index (χ3v) is 6.36. The molecule has 0 fully saturated rings. The number of carbonyl (C=O) groups is 1. The summed E-state index contributed by atoms with van der Waals surface area (Å²) >= 11 is 6.40. The van der Waals surface area contributed by atoms with Crippen molar-refractivity contribution >= 4 is 40.0 Å². The predicted molar refractivity (Wildman–Crippen MR) is 147 cm³/mol. The molecule has 0 bridgehead atoms. The van der Waals surface area contributed by atoms with Crippen LogP contribution < -0.4 is 10.1 Å². The number of nitrogens with one attached hydrogen (secondary N) is 1. The number of hydrogen-bond acceptors (Lipinski definition) is 6. The number of fused-ring (bicyclic) bond motifs is 1. The van der Waals surface area contributed by atoms with Crippen LogP contribution in [0.25, 0.3) is 11.0 Å². The Hall–Kier alpha value is -3.83. The summed E-state index contributed by atoms with van der Waals surface area (Å²) in [6, 6.07) is 11.2. The van der Waals surface area contributed by atoms with Crippen molar-refractivity contribution < 1.29 is 27.8 Å². The Morgan fingerprint density at radius 2 is 1.93 bits per heavy atom. The van der Waals surface area contributed by atoms with Crippen LogP contribution in [0.5, 0.6) is 11.5 Å². The number of halogens is 4.